The SMILES string of the molecule is C=C(C)C(=O)OCCOc1c(OC)cc(C(C)=O)c(N)c1CO. The molecule has 0 aliphatic carbocycles. The Morgan fingerprint density at radius 3 is 2.43 bits per heavy atom. The minimum absolute atomic E-state index is 0.00587. The molecular weight excluding hydrogens is 302 g/mol. The van der Waals surface area contributed by atoms with Crippen molar-refractivity contribution in [1.82, 2.24) is 0 Å². The maximum absolute atomic E-state index is 11.6. The van der Waals surface area contributed by atoms with Gasteiger partial charge in [0.15, 0.2) is 17.3 Å². The molecule has 0 saturated carbocycles. The second-order valence-corrected chi connectivity index (χ2v) is 4.83. The molecule has 7 heteroatoms. The number of Topliss-reactive ketones (excluding diaryl/α,β-unsaturated/α-hetero) is 1. The molecule has 0 saturated heterocycles. The van der Waals surface area contributed by atoms with Crippen LogP contribution in [0.4, 0.5) is 5.69 Å². The first-order valence-corrected chi connectivity index (χ1v) is 6.90. The largest absolute Gasteiger partial charge is 0.493 e. The quantitative estimate of drug-likeness (QED) is 0.245. The maximum Gasteiger partial charge on any atom is 0.333 e. The fourth-order valence-corrected chi connectivity index (χ4v) is 1.87. The highest BCUT2D eigenvalue weighted by Crippen LogP contribution is 2.38. The van der Waals surface area contributed by atoms with E-state index in [9.17, 15) is 14.7 Å². The average Bonchev–Trinajstić information content (AvgIpc) is 2.50. The zero-order chi connectivity index (χ0) is 17.6. The van der Waals surface area contributed by atoms with Crippen molar-refractivity contribution >= 4 is 17.4 Å². The van der Waals surface area contributed by atoms with E-state index < -0.39 is 12.6 Å². The van der Waals surface area contributed by atoms with Crippen molar-refractivity contribution < 1.29 is 28.9 Å². The topological polar surface area (TPSA) is 108 Å². The highest BCUT2D eigenvalue weighted by atomic mass is 16.6. The number of carbonyl (C=O) groups excluding carboxylic acids is 2. The van der Waals surface area contributed by atoms with Gasteiger partial charge in [-0.1, -0.05) is 6.58 Å². The highest BCUT2D eigenvalue weighted by Gasteiger charge is 2.20. The molecule has 0 spiro atoms. The lowest BCUT2D eigenvalue weighted by Crippen LogP contribution is -2.14. The Hall–Kier alpha value is -2.54. The van der Waals surface area contributed by atoms with Gasteiger partial charge in [-0.25, -0.2) is 4.79 Å². The molecule has 0 heterocycles. The van der Waals surface area contributed by atoms with Crippen LogP contribution in [0.1, 0.15) is 29.8 Å². The van der Waals surface area contributed by atoms with Crippen molar-refractivity contribution in [2.45, 2.75) is 20.5 Å². The van der Waals surface area contributed by atoms with Gasteiger partial charge in [0.05, 0.1) is 19.4 Å². The standard InChI is InChI=1S/C16H21NO6/c1-9(2)16(20)23-6-5-22-15-12(8-18)14(17)11(10(3)19)7-13(15)21-4/h7,18H,1,5-6,8,17H2,2-4H3. The number of hydrogen-bond donors (Lipinski definition) is 2. The van der Waals surface area contributed by atoms with Crippen LogP contribution in [0, 0.1) is 0 Å². The van der Waals surface area contributed by atoms with Gasteiger partial charge in [0, 0.05) is 16.7 Å². The molecule has 0 aliphatic rings. The molecule has 0 aromatic heterocycles. The number of esters is 1. The van der Waals surface area contributed by atoms with Crippen LogP contribution in [-0.2, 0) is 16.1 Å². The van der Waals surface area contributed by atoms with Gasteiger partial charge in [0.2, 0.25) is 0 Å². The van der Waals surface area contributed by atoms with E-state index in [0.29, 0.717) is 0 Å². The molecule has 3 N–H and O–H groups in total. The zero-order valence-corrected chi connectivity index (χ0v) is 13.5. The van der Waals surface area contributed by atoms with E-state index in [1.54, 1.807) is 0 Å². The number of anilines is 1. The van der Waals surface area contributed by atoms with Gasteiger partial charge in [-0.05, 0) is 19.9 Å². The monoisotopic (exact) mass is 323 g/mol. The van der Waals surface area contributed by atoms with Crippen molar-refractivity contribution in [3.8, 4) is 11.5 Å². The van der Waals surface area contributed by atoms with Crippen LogP contribution in [0.3, 0.4) is 0 Å². The summed E-state index contributed by atoms with van der Waals surface area (Å²) in [5.74, 6) is -0.296. The summed E-state index contributed by atoms with van der Waals surface area (Å²) in [5.41, 5.74) is 6.81. The molecule has 0 unspecified atom stereocenters. The van der Waals surface area contributed by atoms with Crippen molar-refractivity contribution in [1.29, 1.82) is 0 Å². The molecule has 1 aromatic rings. The van der Waals surface area contributed by atoms with Gasteiger partial charge in [-0.2, -0.15) is 0 Å². The summed E-state index contributed by atoms with van der Waals surface area (Å²) in [5, 5.41) is 9.52. The van der Waals surface area contributed by atoms with Crippen molar-refractivity contribution in [2.75, 3.05) is 26.1 Å². The lowest BCUT2D eigenvalue weighted by molar-refractivity contribution is -0.139. The molecule has 0 aliphatic heterocycles. The summed E-state index contributed by atoms with van der Waals surface area (Å²) < 4.78 is 15.6. The van der Waals surface area contributed by atoms with Crippen LogP contribution in [0.2, 0.25) is 0 Å². The van der Waals surface area contributed by atoms with Crippen molar-refractivity contribution in [3.05, 3.63) is 29.3 Å². The van der Waals surface area contributed by atoms with E-state index in [-0.39, 0.29) is 52.9 Å². The van der Waals surface area contributed by atoms with Crippen LogP contribution in [0.5, 0.6) is 11.5 Å². The smallest absolute Gasteiger partial charge is 0.333 e. The molecule has 0 bridgehead atoms. The number of methoxy groups -OCH3 is 1. The second-order valence-electron chi connectivity index (χ2n) is 4.83. The molecule has 7 nitrogen and oxygen atoms in total. The molecule has 0 fully saturated rings. The van der Waals surface area contributed by atoms with Crippen LogP contribution >= 0.6 is 0 Å². The number of benzene rings is 1. The molecule has 23 heavy (non-hydrogen) atoms. The predicted molar refractivity (Wildman–Crippen MR) is 84.6 cm³/mol. The molecule has 0 amide bonds. The summed E-state index contributed by atoms with van der Waals surface area (Å²) >= 11 is 0. The van der Waals surface area contributed by atoms with Gasteiger partial charge in [0.1, 0.15) is 13.2 Å². The maximum atomic E-state index is 11.6. The number of nitrogens with two attached hydrogens (primary N) is 1. The number of carbonyl (C=O) groups is 2. The average molecular weight is 323 g/mol. The normalized spacial score (nSPS) is 10.1. The number of hydrogen-bond acceptors (Lipinski definition) is 7. The minimum Gasteiger partial charge on any atom is -0.493 e. The van der Waals surface area contributed by atoms with E-state index >= 15 is 0 Å². The third kappa shape index (κ3) is 4.46. The summed E-state index contributed by atoms with van der Waals surface area (Å²) in [7, 11) is 1.41. The number of nitrogen functional groups attached to an aromatic ring is 1. The van der Waals surface area contributed by atoms with E-state index in [0.717, 1.165) is 0 Å². The first-order chi connectivity index (χ1) is 10.8. The van der Waals surface area contributed by atoms with Gasteiger partial charge in [-0.15, -0.1) is 0 Å². The van der Waals surface area contributed by atoms with Gasteiger partial charge in [0.25, 0.3) is 0 Å². The number of aliphatic hydroxyl groups excluding tert-OH is 1. The van der Waals surface area contributed by atoms with Crippen LogP contribution in [0.25, 0.3) is 0 Å². The first kappa shape index (κ1) is 18.5. The zero-order valence-electron chi connectivity index (χ0n) is 13.5. The lowest BCUT2D eigenvalue weighted by Gasteiger charge is -2.18. The Bertz CT molecular complexity index is 623. The summed E-state index contributed by atoms with van der Waals surface area (Å²) in [4.78, 5) is 22.9. The molecule has 1 rings (SSSR count). The third-order valence-corrected chi connectivity index (χ3v) is 3.06. The molecule has 0 atom stereocenters. The van der Waals surface area contributed by atoms with Crippen molar-refractivity contribution in [2.24, 2.45) is 0 Å². The van der Waals surface area contributed by atoms with E-state index in [2.05, 4.69) is 6.58 Å². The number of aliphatic hydroxyl groups is 1. The Balaban J connectivity index is 2.97. The van der Waals surface area contributed by atoms with Crippen molar-refractivity contribution in [3.63, 3.8) is 0 Å². The molecule has 126 valence electrons. The number of ether oxygens (including phenoxy) is 3. The number of ketones is 1. The molecule has 1 aromatic carbocycles. The van der Waals surface area contributed by atoms with Crippen LogP contribution in [0.15, 0.2) is 18.2 Å². The Kier molecular flexibility index (Phi) is 6.59. The van der Waals surface area contributed by atoms with E-state index in [1.165, 1.54) is 27.0 Å². The van der Waals surface area contributed by atoms with Crippen LogP contribution in [-0.4, -0.2) is 37.2 Å². The minimum atomic E-state index is -0.519. The fraction of sp³-hybridized carbons (Fsp3) is 0.375. The number of rotatable bonds is 8. The highest BCUT2D eigenvalue weighted by molar-refractivity contribution is 6.00. The van der Waals surface area contributed by atoms with Crippen LogP contribution < -0.4 is 15.2 Å². The van der Waals surface area contributed by atoms with Gasteiger partial charge < -0.3 is 25.1 Å². The second kappa shape index (κ2) is 8.19. The van der Waals surface area contributed by atoms with Gasteiger partial charge >= 0.3 is 5.97 Å². The first-order valence-electron chi connectivity index (χ1n) is 6.90. The van der Waals surface area contributed by atoms with Gasteiger partial charge in [-0.3, -0.25) is 4.79 Å². The predicted octanol–water partition coefficient (Wildman–Crippen LogP) is 1.47. The Morgan fingerprint density at radius 1 is 1.30 bits per heavy atom. The Morgan fingerprint density at radius 2 is 1.96 bits per heavy atom. The summed E-state index contributed by atoms with van der Waals surface area (Å²) in [6.45, 7) is 5.97. The molecule has 0 radical (unpaired) electrons. The van der Waals surface area contributed by atoms with E-state index in [1.807, 2.05) is 0 Å². The fourth-order valence-electron chi connectivity index (χ4n) is 1.87. The summed E-state index contributed by atoms with van der Waals surface area (Å²) in [6.07, 6.45) is 0. The summed E-state index contributed by atoms with van der Waals surface area (Å²) in [6, 6.07) is 1.45. The molecular formula is C16H21NO6. The Labute approximate surface area is 134 Å². The third-order valence-electron chi connectivity index (χ3n) is 3.06. The lowest BCUT2D eigenvalue weighted by atomic mass is 10.0. The van der Waals surface area contributed by atoms with E-state index in [4.69, 9.17) is 19.9 Å².